The summed E-state index contributed by atoms with van der Waals surface area (Å²) in [5.41, 5.74) is 7.05. The Balaban J connectivity index is 2.44. The SMILES string of the molecule is CC(C)(C)Cc1cc2ncnc(N)c2s1. The molecule has 0 atom stereocenters. The highest BCUT2D eigenvalue weighted by Crippen LogP contribution is 2.31. The van der Waals surface area contributed by atoms with E-state index >= 15 is 0 Å². The third kappa shape index (κ3) is 2.26. The Morgan fingerprint density at radius 1 is 1.33 bits per heavy atom. The van der Waals surface area contributed by atoms with Crippen LogP contribution in [0.15, 0.2) is 12.4 Å². The van der Waals surface area contributed by atoms with Crippen LogP contribution in [0.3, 0.4) is 0 Å². The number of fused-ring (bicyclic) bond motifs is 1. The van der Waals surface area contributed by atoms with Gasteiger partial charge in [-0.3, -0.25) is 0 Å². The van der Waals surface area contributed by atoms with Crippen LogP contribution in [0.5, 0.6) is 0 Å². The van der Waals surface area contributed by atoms with E-state index < -0.39 is 0 Å². The van der Waals surface area contributed by atoms with Gasteiger partial charge in [-0.05, 0) is 17.9 Å². The number of nitrogen functional groups attached to an aromatic ring is 1. The number of aromatic nitrogens is 2. The minimum absolute atomic E-state index is 0.295. The first-order valence-electron chi connectivity index (χ1n) is 4.94. The fourth-order valence-electron chi connectivity index (χ4n) is 1.53. The zero-order valence-corrected chi connectivity index (χ0v) is 10.1. The third-order valence-corrected chi connectivity index (χ3v) is 3.24. The van der Waals surface area contributed by atoms with Crippen molar-refractivity contribution < 1.29 is 0 Å². The molecule has 2 rings (SSSR count). The highest BCUT2D eigenvalue weighted by Gasteiger charge is 2.14. The molecule has 0 amide bonds. The van der Waals surface area contributed by atoms with Crippen LogP contribution in [0.4, 0.5) is 5.82 Å². The second-order valence-corrected chi connectivity index (χ2v) is 6.06. The summed E-state index contributed by atoms with van der Waals surface area (Å²) >= 11 is 1.70. The molecule has 0 fully saturated rings. The van der Waals surface area contributed by atoms with Gasteiger partial charge in [0.1, 0.15) is 12.1 Å². The van der Waals surface area contributed by atoms with E-state index in [2.05, 4.69) is 36.8 Å². The van der Waals surface area contributed by atoms with Crippen molar-refractivity contribution in [2.75, 3.05) is 5.73 Å². The highest BCUT2D eigenvalue weighted by atomic mass is 32.1. The van der Waals surface area contributed by atoms with Crippen LogP contribution in [0, 0.1) is 5.41 Å². The fraction of sp³-hybridized carbons (Fsp3) is 0.455. The van der Waals surface area contributed by atoms with Gasteiger partial charge in [-0.25, -0.2) is 9.97 Å². The lowest BCUT2D eigenvalue weighted by Crippen LogP contribution is -2.07. The van der Waals surface area contributed by atoms with E-state index in [0.29, 0.717) is 11.2 Å². The average Bonchev–Trinajstić information content (AvgIpc) is 2.45. The maximum atomic E-state index is 5.79. The molecule has 0 unspecified atom stereocenters. The Hall–Kier alpha value is -1.16. The van der Waals surface area contributed by atoms with Crippen LogP contribution in [0.2, 0.25) is 0 Å². The molecule has 2 N–H and O–H groups in total. The van der Waals surface area contributed by atoms with Gasteiger partial charge in [-0.15, -0.1) is 11.3 Å². The van der Waals surface area contributed by atoms with Crippen molar-refractivity contribution in [2.45, 2.75) is 27.2 Å². The second-order valence-electron chi connectivity index (χ2n) is 4.92. The van der Waals surface area contributed by atoms with Crippen molar-refractivity contribution >= 4 is 27.4 Å². The van der Waals surface area contributed by atoms with E-state index in [1.54, 1.807) is 11.3 Å². The number of rotatable bonds is 1. The summed E-state index contributed by atoms with van der Waals surface area (Å²) in [5.74, 6) is 0.588. The Morgan fingerprint density at radius 2 is 2.07 bits per heavy atom. The Kier molecular flexibility index (Phi) is 2.38. The van der Waals surface area contributed by atoms with Crippen LogP contribution in [0.25, 0.3) is 10.2 Å². The van der Waals surface area contributed by atoms with Gasteiger partial charge < -0.3 is 5.73 Å². The Bertz CT molecular complexity index is 482. The summed E-state index contributed by atoms with van der Waals surface area (Å²) in [6.45, 7) is 6.69. The molecule has 0 aromatic carbocycles. The van der Waals surface area contributed by atoms with E-state index in [9.17, 15) is 0 Å². The summed E-state index contributed by atoms with van der Waals surface area (Å²) in [6, 6.07) is 2.11. The quantitative estimate of drug-likeness (QED) is 0.805. The van der Waals surface area contributed by atoms with Gasteiger partial charge in [0, 0.05) is 4.88 Å². The molecule has 80 valence electrons. The van der Waals surface area contributed by atoms with Crippen molar-refractivity contribution in [3.05, 3.63) is 17.3 Å². The molecule has 2 aromatic heterocycles. The zero-order chi connectivity index (χ0) is 11.1. The van der Waals surface area contributed by atoms with Crippen LogP contribution in [-0.2, 0) is 6.42 Å². The summed E-state index contributed by atoms with van der Waals surface area (Å²) in [5, 5.41) is 0. The molecule has 4 heteroatoms. The number of hydrogen-bond acceptors (Lipinski definition) is 4. The van der Waals surface area contributed by atoms with E-state index in [4.69, 9.17) is 5.73 Å². The van der Waals surface area contributed by atoms with E-state index in [1.807, 2.05) is 0 Å². The average molecular weight is 221 g/mol. The van der Waals surface area contributed by atoms with Gasteiger partial charge in [-0.2, -0.15) is 0 Å². The van der Waals surface area contributed by atoms with Gasteiger partial charge in [0.15, 0.2) is 0 Å². The summed E-state index contributed by atoms with van der Waals surface area (Å²) < 4.78 is 1.01. The lowest BCUT2D eigenvalue weighted by atomic mass is 9.92. The molecule has 0 bridgehead atoms. The molecule has 2 aromatic rings. The fourth-order valence-corrected chi connectivity index (χ4v) is 2.84. The van der Waals surface area contributed by atoms with Crippen molar-refractivity contribution in [2.24, 2.45) is 5.41 Å². The van der Waals surface area contributed by atoms with E-state index in [-0.39, 0.29) is 0 Å². The maximum Gasteiger partial charge on any atom is 0.144 e. The van der Waals surface area contributed by atoms with Gasteiger partial charge in [0.25, 0.3) is 0 Å². The largest absolute Gasteiger partial charge is 0.382 e. The van der Waals surface area contributed by atoms with Crippen LogP contribution in [0.1, 0.15) is 25.6 Å². The minimum atomic E-state index is 0.295. The van der Waals surface area contributed by atoms with E-state index in [0.717, 1.165) is 16.6 Å². The Labute approximate surface area is 93.4 Å². The van der Waals surface area contributed by atoms with Crippen molar-refractivity contribution in [3.63, 3.8) is 0 Å². The third-order valence-electron chi connectivity index (χ3n) is 2.09. The lowest BCUT2D eigenvalue weighted by molar-refractivity contribution is 0.415. The van der Waals surface area contributed by atoms with Gasteiger partial charge in [-0.1, -0.05) is 20.8 Å². The molecule has 0 radical (unpaired) electrons. The predicted molar refractivity (Wildman–Crippen MR) is 65.0 cm³/mol. The standard InChI is InChI=1S/C11H15N3S/c1-11(2,3)5-7-4-8-9(15-7)10(12)14-6-13-8/h4,6H,5H2,1-3H3,(H2,12,13,14). The van der Waals surface area contributed by atoms with Gasteiger partial charge in [0.2, 0.25) is 0 Å². The minimum Gasteiger partial charge on any atom is -0.382 e. The molecule has 0 aliphatic rings. The smallest absolute Gasteiger partial charge is 0.144 e. The molecule has 15 heavy (non-hydrogen) atoms. The number of nitrogens with zero attached hydrogens (tertiary/aromatic N) is 2. The number of hydrogen-bond donors (Lipinski definition) is 1. The zero-order valence-electron chi connectivity index (χ0n) is 9.24. The van der Waals surface area contributed by atoms with E-state index in [1.165, 1.54) is 11.2 Å². The van der Waals surface area contributed by atoms with Crippen LogP contribution < -0.4 is 5.73 Å². The summed E-state index contributed by atoms with van der Waals surface area (Å²) in [4.78, 5) is 9.53. The molecule has 2 heterocycles. The van der Waals surface area contributed by atoms with Crippen LogP contribution >= 0.6 is 11.3 Å². The molecule has 0 saturated heterocycles. The number of thiophene rings is 1. The van der Waals surface area contributed by atoms with Crippen LogP contribution in [-0.4, -0.2) is 9.97 Å². The molecule has 3 nitrogen and oxygen atoms in total. The molecule has 0 aliphatic heterocycles. The highest BCUT2D eigenvalue weighted by molar-refractivity contribution is 7.19. The maximum absolute atomic E-state index is 5.79. The second kappa shape index (κ2) is 3.45. The Morgan fingerprint density at radius 3 is 2.67 bits per heavy atom. The number of anilines is 1. The first-order valence-corrected chi connectivity index (χ1v) is 5.76. The van der Waals surface area contributed by atoms with Crippen molar-refractivity contribution in [1.29, 1.82) is 0 Å². The number of nitrogens with two attached hydrogens (primary N) is 1. The predicted octanol–water partition coefficient (Wildman–Crippen LogP) is 2.86. The normalized spacial score (nSPS) is 12.2. The molecule has 0 saturated carbocycles. The van der Waals surface area contributed by atoms with Gasteiger partial charge >= 0.3 is 0 Å². The first-order chi connectivity index (χ1) is 6.96. The van der Waals surface area contributed by atoms with Crippen molar-refractivity contribution in [3.8, 4) is 0 Å². The summed E-state index contributed by atoms with van der Waals surface area (Å²) in [6.07, 6.45) is 2.57. The first kappa shape index (κ1) is 10.4. The topological polar surface area (TPSA) is 51.8 Å². The lowest BCUT2D eigenvalue weighted by Gasteiger charge is -2.15. The molecular weight excluding hydrogens is 206 g/mol. The molecule has 0 aliphatic carbocycles. The van der Waals surface area contributed by atoms with Crippen molar-refractivity contribution in [1.82, 2.24) is 9.97 Å². The monoisotopic (exact) mass is 221 g/mol. The molecular formula is C11H15N3S. The van der Waals surface area contributed by atoms with Gasteiger partial charge in [0.05, 0.1) is 10.2 Å². The molecule has 0 spiro atoms. The summed E-state index contributed by atoms with van der Waals surface area (Å²) in [7, 11) is 0.